The molecule has 1 aliphatic rings. The third-order valence-electron chi connectivity index (χ3n) is 4.51. The number of Topliss-reactive ketones (excluding diaryl/α,β-unsaturated/α-hetero) is 1. The van der Waals surface area contributed by atoms with Gasteiger partial charge in [0.05, 0.1) is 5.54 Å². The van der Waals surface area contributed by atoms with Gasteiger partial charge in [0.2, 0.25) is 0 Å². The van der Waals surface area contributed by atoms with E-state index >= 15 is 0 Å². The second kappa shape index (κ2) is 6.04. The Balaban J connectivity index is 2.40. The number of likely N-dealkylation sites (N-methyl/N-ethyl adjacent to an activating group) is 1. The number of carbonyl (C=O) groups excluding carboxylic acids is 1. The van der Waals surface area contributed by atoms with Crippen LogP contribution in [0.5, 0.6) is 0 Å². The number of hydrogen-bond donors (Lipinski definition) is 0. The van der Waals surface area contributed by atoms with E-state index in [1.807, 2.05) is 32.0 Å². The van der Waals surface area contributed by atoms with Crippen LogP contribution in [0.2, 0.25) is 0 Å². The molecule has 1 fully saturated rings. The first-order valence-electron chi connectivity index (χ1n) is 7.45. The molecule has 0 radical (unpaired) electrons. The van der Waals surface area contributed by atoms with Crippen molar-refractivity contribution in [3.05, 3.63) is 35.1 Å². The van der Waals surface area contributed by atoms with Crippen LogP contribution in [0.15, 0.2) is 18.2 Å². The molecule has 1 aromatic carbocycles. The summed E-state index contributed by atoms with van der Waals surface area (Å²) in [6, 6.07) is 4.65. The van der Waals surface area contributed by atoms with Gasteiger partial charge in [-0.3, -0.25) is 9.69 Å². The van der Waals surface area contributed by atoms with Crippen LogP contribution in [0.4, 0.5) is 4.39 Å². The maximum Gasteiger partial charge on any atom is 0.183 e. The molecule has 1 aromatic rings. The summed E-state index contributed by atoms with van der Waals surface area (Å²) in [6.45, 7) is 1.83. The van der Waals surface area contributed by atoms with Crippen molar-refractivity contribution < 1.29 is 9.18 Å². The number of benzene rings is 1. The summed E-state index contributed by atoms with van der Waals surface area (Å²) in [7, 11) is 3.94. The van der Waals surface area contributed by atoms with E-state index in [9.17, 15) is 9.18 Å². The number of carbonyl (C=O) groups is 1. The molecule has 1 aliphatic carbocycles. The highest BCUT2D eigenvalue weighted by atomic mass is 19.1. The smallest absolute Gasteiger partial charge is 0.183 e. The number of aryl methyl sites for hydroxylation is 1. The summed E-state index contributed by atoms with van der Waals surface area (Å²) in [5, 5.41) is 0. The lowest BCUT2D eigenvalue weighted by molar-refractivity contribution is 0.0634. The summed E-state index contributed by atoms with van der Waals surface area (Å²) in [4.78, 5) is 15.1. The lowest BCUT2D eigenvalue weighted by Gasteiger charge is -2.38. The normalized spacial score (nSPS) is 18.9. The average Bonchev–Trinajstić information content (AvgIpc) is 2.63. The molecular formula is C17H24FNO. The number of ketones is 1. The molecule has 2 nitrogen and oxygen atoms in total. The zero-order valence-electron chi connectivity index (χ0n) is 12.7. The molecule has 0 aromatic heterocycles. The highest BCUT2D eigenvalue weighted by Gasteiger charge is 2.40. The Hall–Kier alpha value is -1.22. The molecule has 0 heterocycles. The molecule has 0 saturated heterocycles. The summed E-state index contributed by atoms with van der Waals surface area (Å²) in [6.07, 6.45) is 6.25. The van der Waals surface area contributed by atoms with E-state index in [-0.39, 0.29) is 11.6 Å². The maximum absolute atomic E-state index is 13.6. The predicted octanol–water partition coefficient (Wildman–Crippen LogP) is 3.97. The van der Waals surface area contributed by atoms with Gasteiger partial charge in [-0.25, -0.2) is 4.39 Å². The van der Waals surface area contributed by atoms with Crippen molar-refractivity contribution in [3.8, 4) is 0 Å². The number of halogens is 1. The first-order valence-corrected chi connectivity index (χ1v) is 7.45. The van der Waals surface area contributed by atoms with E-state index in [1.165, 1.54) is 25.0 Å². The summed E-state index contributed by atoms with van der Waals surface area (Å²) in [5.41, 5.74) is 0.852. The fourth-order valence-corrected chi connectivity index (χ4v) is 3.33. The Kier molecular flexibility index (Phi) is 4.59. The summed E-state index contributed by atoms with van der Waals surface area (Å²) < 4.78 is 13.6. The molecule has 110 valence electrons. The second-order valence-electron chi connectivity index (χ2n) is 6.19. The van der Waals surface area contributed by atoms with Crippen molar-refractivity contribution in [3.63, 3.8) is 0 Å². The third-order valence-corrected chi connectivity index (χ3v) is 4.51. The van der Waals surface area contributed by atoms with Gasteiger partial charge in [-0.1, -0.05) is 25.7 Å². The van der Waals surface area contributed by atoms with Gasteiger partial charge in [0.1, 0.15) is 5.82 Å². The third kappa shape index (κ3) is 2.93. The van der Waals surface area contributed by atoms with Crippen molar-refractivity contribution in [1.82, 2.24) is 4.90 Å². The quantitative estimate of drug-likeness (QED) is 0.615. The van der Waals surface area contributed by atoms with Crippen LogP contribution in [0, 0.1) is 12.7 Å². The molecule has 0 unspecified atom stereocenters. The highest BCUT2D eigenvalue weighted by Crippen LogP contribution is 2.34. The Morgan fingerprint density at radius 1 is 1.10 bits per heavy atom. The minimum absolute atomic E-state index is 0.0759. The van der Waals surface area contributed by atoms with Crippen LogP contribution in [0.25, 0.3) is 0 Å². The number of hydrogen-bond acceptors (Lipinski definition) is 2. The number of rotatable bonds is 3. The van der Waals surface area contributed by atoms with E-state index in [4.69, 9.17) is 0 Å². The molecule has 0 N–H and O–H groups in total. The van der Waals surface area contributed by atoms with Crippen molar-refractivity contribution in [1.29, 1.82) is 0 Å². The first-order chi connectivity index (χ1) is 9.45. The Labute approximate surface area is 121 Å². The van der Waals surface area contributed by atoms with Crippen LogP contribution in [0.3, 0.4) is 0 Å². The Morgan fingerprint density at radius 3 is 2.20 bits per heavy atom. The van der Waals surface area contributed by atoms with Gasteiger partial charge in [-0.15, -0.1) is 0 Å². The Morgan fingerprint density at radius 2 is 1.70 bits per heavy atom. The van der Waals surface area contributed by atoms with Gasteiger partial charge < -0.3 is 0 Å². The van der Waals surface area contributed by atoms with Crippen LogP contribution in [-0.4, -0.2) is 30.3 Å². The molecule has 0 spiro atoms. The highest BCUT2D eigenvalue weighted by molar-refractivity contribution is 6.03. The van der Waals surface area contributed by atoms with Gasteiger partial charge >= 0.3 is 0 Å². The molecule has 2 rings (SSSR count). The van der Waals surface area contributed by atoms with Gasteiger partial charge in [0.25, 0.3) is 0 Å². The van der Waals surface area contributed by atoms with Crippen LogP contribution in [0.1, 0.15) is 54.4 Å². The minimum Gasteiger partial charge on any atom is -0.297 e. The van der Waals surface area contributed by atoms with Crippen molar-refractivity contribution in [2.75, 3.05) is 14.1 Å². The van der Waals surface area contributed by atoms with Crippen LogP contribution < -0.4 is 0 Å². The summed E-state index contributed by atoms with van der Waals surface area (Å²) >= 11 is 0. The van der Waals surface area contributed by atoms with Gasteiger partial charge in [0, 0.05) is 5.56 Å². The Bertz CT molecular complexity index is 468. The van der Waals surface area contributed by atoms with Crippen LogP contribution in [-0.2, 0) is 0 Å². The molecule has 1 saturated carbocycles. The predicted molar refractivity (Wildman–Crippen MR) is 79.6 cm³/mol. The lowest BCUT2D eigenvalue weighted by Crippen LogP contribution is -2.50. The first kappa shape index (κ1) is 15.2. The monoisotopic (exact) mass is 277 g/mol. The van der Waals surface area contributed by atoms with Crippen molar-refractivity contribution >= 4 is 5.78 Å². The zero-order valence-corrected chi connectivity index (χ0v) is 12.7. The fraction of sp³-hybridized carbons (Fsp3) is 0.588. The van der Waals surface area contributed by atoms with Crippen LogP contribution >= 0.6 is 0 Å². The SMILES string of the molecule is Cc1cc(F)cc(C(=O)C2(N(C)C)CCCCCC2)c1. The van der Waals surface area contributed by atoms with E-state index in [2.05, 4.69) is 0 Å². The minimum atomic E-state index is -0.462. The van der Waals surface area contributed by atoms with E-state index < -0.39 is 5.54 Å². The van der Waals surface area contributed by atoms with Gasteiger partial charge in [-0.2, -0.15) is 0 Å². The zero-order chi connectivity index (χ0) is 14.8. The molecule has 0 atom stereocenters. The number of nitrogens with zero attached hydrogens (tertiary/aromatic N) is 1. The summed E-state index contributed by atoms with van der Waals surface area (Å²) in [5.74, 6) is -0.247. The molecular weight excluding hydrogens is 253 g/mol. The van der Waals surface area contributed by atoms with Crippen molar-refractivity contribution in [2.24, 2.45) is 0 Å². The van der Waals surface area contributed by atoms with Crippen molar-refractivity contribution in [2.45, 2.75) is 51.0 Å². The molecule has 0 aliphatic heterocycles. The van der Waals surface area contributed by atoms with E-state index in [1.54, 1.807) is 0 Å². The standard InChI is InChI=1S/C17H24FNO/c1-13-10-14(12-15(18)11-13)16(20)17(19(2)3)8-6-4-5-7-9-17/h10-12H,4-9H2,1-3H3. The van der Waals surface area contributed by atoms with E-state index in [0.29, 0.717) is 5.56 Å². The average molecular weight is 277 g/mol. The fourth-order valence-electron chi connectivity index (χ4n) is 3.33. The van der Waals surface area contributed by atoms with Gasteiger partial charge in [0.15, 0.2) is 5.78 Å². The molecule has 3 heteroatoms. The van der Waals surface area contributed by atoms with Gasteiger partial charge in [-0.05, 0) is 57.6 Å². The molecule has 20 heavy (non-hydrogen) atoms. The lowest BCUT2D eigenvalue weighted by atomic mass is 9.81. The molecule has 0 amide bonds. The molecule has 0 bridgehead atoms. The topological polar surface area (TPSA) is 20.3 Å². The maximum atomic E-state index is 13.6. The largest absolute Gasteiger partial charge is 0.297 e. The van der Waals surface area contributed by atoms with E-state index in [0.717, 1.165) is 31.2 Å². The second-order valence-corrected chi connectivity index (χ2v) is 6.19.